The zero-order valence-electron chi connectivity index (χ0n) is 20.0. The monoisotopic (exact) mass is 554 g/mol. The Bertz CT molecular complexity index is 1540. The largest absolute Gasteiger partial charge is 0.483 e. The van der Waals surface area contributed by atoms with Crippen molar-refractivity contribution in [2.24, 2.45) is 0 Å². The Morgan fingerprint density at radius 3 is 2.55 bits per heavy atom. The third kappa shape index (κ3) is 5.64. The maximum Gasteiger partial charge on any atom is 0.422 e. The van der Waals surface area contributed by atoms with Gasteiger partial charge in [-0.2, -0.15) is 13.2 Å². The number of aryl methyl sites for hydroxylation is 2. The lowest BCUT2D eigenvalue weighted by atomic mass is 10.1. The van der Waals surface area contributed by atoms with Crippen molar-refractivity contribution in [3.8, 4) is 17.0 Å². The number of ether oxygens (including phenoxy) is 1. The van der Waals surface area contributed by atoms with E-state index >= 15 is 0 Å². The summed E-state index contributed by atoms with van der Waals surface area (Å²) in [4.78, 5) is 19.7. The number of aromatic nitrogens is 3. The minimum absolute atomic E-state index is 0.157. The molecule has 0 fully saturated rings. The third-order valence-corrected chi connectivity index (χ3v) is 6.05. The maximum absolute atomic E-state index is 14.5. The number of nitrogens with zero attached hydrogens (tertiary/aromatic N) is 3. The second-order valence-electron chi connectivity index (χ2n) is 8.44. The molecule has 2 aromatic heterocycles. The van der Waals surface area contributed by atoms with Crippen LogP contribution in [-0.4, -0.2) is 44.9 Å². The normalized spacial score (nSPS) is 11.7. The summed E-state index contributed by atoms with van der Waals surface area (Å²) < 4.78 is 72.9. The number of carboxylic acid groups (broad SMARTS) is 1. The second-order valence-corrected chi connectivity index (χ2v) is 8.85. The van der Waals surface area contributed by atoms with E-state index in [0.29, 0.717) is 16.8 Å². The van der Waals surface area contributed by atoms with Crippen molar-refractivity contribution in [2.75, 3.05) is 18.5 Å². The number of benzene rings is 2. The first-order valence-electron chi connectivity index (χ1n) is 11.1. The van der Waals surface area contributed by atoms with Crippen LogP contribution >= 0.6 is 11.6 Å². The Kier molecular flexibility index (Phi) is 7.45. The van der Waals surface area contributed by atoms with Crippen LogP contribution in [0.5, 0.6) is 5.75 Å². The first-order valence-corrected chi connectivity index (χ1v) is 11.5. The third-order valence-electron chi connectivity index (χ3n) is 5.75. The number of alkyl halides is 3. The average Bonchev–Trinajstić information content (AvgIpc) is 3.17. The van der Waals surface area contributed by atoms with Crippen molar-refractivity contribution >= 4 is 34.3 Å². The second kappa shape index (κ2) is 10.4. The number of fused-ring (bicyclic) bond motifs is 1. The van der Waals surface area contributed by atoms with E-state index in [9.17, 15) is 31.9 Å². The van der Waals surface area contributed by atoms with Gasteiger partial charge >= 0.3 is 12.1 Å². The highest BCUT2D eigenvalue weighted by molar-refractivity contribution is 6.34. The summed E-state index contributed by atoms with van der Waals surface area (Å²) >= 11 is 6.05. The van der Waals surface area contributed by atoms with E-state index in [4.69, 9.17) is 16.3 Å². The zero-order chi connectivity index (χ0) is 27.8. The van der Waals surface area contributed by atoms with Crippen molar-refractivity contribution in [1.29, 1.82) is 0 Å². The number of aromatic carboxylic acids is 1. The Morgan fingerprint density at radius 2 is 1.87 bits per heavy atom. The fraction of sp³-hybridized carbons (Fsp3) is 0.240. The van der Waals surface area contributed by atoms with Gasteiger partial charge in [-0.15, -0.1) is 0 Å². The lowest BCUT2D eigenvalue weighted by Gasteiger charge is -2.14. The maximum atomic E-state index is 14.5. The molecule has 2 heterocycles. The molecule has 0 amide bonds. The summed E-state index contributed by atoms with van der Waals surface area (Å²) in [5, 5.41) is 12.7. The molecule has 200 valence electrons. The summed E-state index contributed by atoms with van der Waals surface area (Å²) in [6, 6.07) is 6.75. The molecule has 0 aliphatic heterocycles. The van der Waals surface area contributed by atoms with Gasteiger partial charge in [-0.3, -0.25) is 0 Å². The minimum atomic E-state index is -4.69. The molecule has 0 bridgehead atoms. The fourth-order valence-electron chi connectivity index (χ4n) is 4.06. The average molecular weight is 555 g/mol. The lowest BCUT2D eigenvalue weighted by molar-refractivity contribution is -0.153. The molecule has 38 heavy (non-hydrogen) atoms. The molecule has 0 saturated carbocycles. The molecule has 13 heteroatoms. The van der Waals surface area contributed by atoms with E-state index in [-0.39, 0.29) is 34.9 Å². The van der Waals surface area contributed by atoms with E-state index < -0.39 is 41.7 Å². The van der Waals surface area contributed by atoms with Crippen molar-refractivity contribution in [1.82, 2.24) is 14.5 Å². The van der Waals surface area contributed by atoms with E-state index in [0.717, 1.165) is 17.8 Å². The molecule has 4 rings (SSSR count). The van der Waals surface area contributed by atoms with Crippen LogP contribution in [0.15, 0.2) is 36.7 Å². The molecular formula is C25H20ClF5N4O3. The molecule has 0 radical (unpaired) electrons. The Hall–Kier alpha value is -3.93. The van der Waals surface area contributed by atoms with Crippen LogP contribution in [0, 0.1) is 25.5 Å². The van der Waals surface area contributed by atoms with E-state index in [2.05, 4.69) is 15.3 Å². The number of carboxylic acids is 1. The minimum Gasteiger partial charge on any atom is -0.483 e. The number of halogens is 6. The summed E-state index contributed by atoms with van der Waals surface area (Å²) in [6.07, 6.45) is -3.50. The fourth-order valence-corrected chi connectivity index (χ4v) is 4.36. The zero-order valence-corrected chi connectivity index (χ0v) is 20.7. The molecular weight excluding hydrogens is 535 g/mol. The topological polar surface area (TPSA) is 89.3 Å². The predicted molar refractivity (Wildman–Crippen MR) is 131 cm³/mol. The van der Waals surface area contributed by atoms with Gasteiger partial charge in [0.15, 0.2) is 18.2 Å². The SMILES string of the molecule is Cc1cc(F)c(F)c2c1cc(C)n2CCNc1cc(-c2cc(Cl)c(C(=O)O)c(OCC(F)(F)F)c2)ncn1. The number of rotatable bonds is 8. The van der Waals surface area contributed by atoms with Crippen molar-refractivity contribution in [3.05, 3.63) is 70.1 Å². The first-order chi connectivity index (χ1) is 17.9. The number of carbonyl (C=O) groups is 1. The molecule has 7 nitrogen and oxygen atoms in total. The van der Waals surface area contributed by atoms with Gasteiger partial charge in [-0.1, -0.05) is 11.6 Å². The molecule has 0 saturated heterocycles. The Labute approximate surface area is 217 Å². The van der Waals surface area contributed by atoms with Gasteiger partial charge in [0.2, 0.25) is 0 Å². The quantitative estimate of drug-likeness (QED) is 0.245. The van der Waals surface area contributed by atoms with Crippen LogP contribution in [0.3, 0.4) is 0 Å². The number of anilines is 1. The van der Waals surface area contributed by atoms with E-state index in [1.807, 2.05) is 0 Å². The van der Waals surface area contributed by atoms with Gasteiger partial charge in [0.05, 0.1) is 16.2 Å². The van der Waals surface area contributed by atoms with Crippen molar-refractivity contribution in [2.45, 2.75) is 26.6 Å². The van der Waals surface area contributed by atoms with Crippen LogP contribution in [0.25, 0.3) is 22.2 Å². The number of nitrogens with one attached hydrogen (secondary N) is 1. The van der Waals surface area contributed by atoms with Gasteiger partial charge in [-0.25, -0.2) is 23.5 Å². The molecule has 0 aliphatic carbocycles. The highest BCUT2D eigenvalue weighted by Gasteiger charge is 2.30. The van der Waals surface area contributed by atoms with E-state index in [1.54, 1.807) is 24.5 Å². The Morgan fingerprint density at radius 1 is 1.13 bits per heavy atom. The van der Waals surface area contributed by atoms with Crippen molar-refractivity contribution < 1.29 is 36.6 Å². The molecule has 0 spiro atoms. The molecule has 0 unspecified atom stereocenters. The molecule has 2 aromatic carbocycles. The van der Waals surface area contributed by atoms with Gasteiger partial charge in [0.25, 0.3) is 0 Å². The van der Waals surface area contributed by atoms with Gasteiger partial charge in [0.1, 0.15) is 23.5 Å². The molecule has 4 aromatic rings. The van der Waals surface area contributed by atoms with E-state index in [1.165, 1.54) is 18.5 Å². The van der Waals surface area contributed by atoms with Gasteiger partial charge in [-0.05, 0) is 43.7 Å². The summed E-state index contributed by atoms with van der Waals surface area (Å²) in [7, 11) is 0. The molecule has 2 N–H and O–H groups in total. The lowest BCUT2D eigenvalue weighted by Crippen LogP contribution is -2.20. The van der Waals surface area contributed by atoms with Crippen LogP contribution in [0.2, 0.25) is 5.02 Å². The molecule has 0 aliphatic rings. The highest BCUT2D eigenvalue weighted by atomic mass is 35.5. The van der Waals surface area contributed by atoms with Crippen molar-refractivity contribution in [3.63, 3.8) is 0 Å². The number of hydrogen-bond acceptors (Lipinski definition) is 5. The summed E-state index contributed by atoms with van der Waals surface area (Å²) in [6.45, 7) is 2.30. The summed E-state index contributed by atoms with van der Waals surface area (Å²) in [5.74, 6) is -3.67. The van der Waals surface area contributed by atoms with Gasteiger partial charge < -0.3 is 19.7 Å². The highest BCUT2D eigenvalue weighted by Crippen LogP contribution is 2.34. The predicted octanol–water partition coefficient (Wildman–Crippen LogP) is 6.40. The molecule has 0 atom stereocenters. The van der Waals surface area contributed by atoms with Crippen LogP contribution < -0.4 is 10.1 Å². The van der Waals surface area contributed by atoms with Crippen LogP contribution in [0.4, 0.5) is 27.8 Å². The van der Waals surface area contributed by atoms with Crippen LogP contribution in [-0.2, 0) is 6.54 Å². The smallest absolute Gasteiger partial charge is 0.422 e. The van der Waals surface area contributed by atoms with Gasteiger partial charge in [0, 0.05) is 35.8 Å². The van der Waals surface area contributed by atoms with Crippen LogP contribution in [0.1, 0.15) is 21.6 Å². The standard InChI is InChI=1S/C25H20ClF5N4O3/c1-12-5-17(27)22(28)23-15(12)6-13(2)35(23)4-3-32-20-9-18(33-11-34-20)14-7-16(26)21(24(36)37)19(8-14)38-10-25(29,30)31/h5-9,11H,3-4,10H2,1-2H3,(H,36,37)(H,32,33,34). The first kappa shape index (κ1) is 27.1. The Balaban J connectivity index is 1.57. The summed E-state index contributed by atoms with van der Waals surface area (Å²) in [5.41, 5.74) is 1.31. The number of hydrogen-bond donors (Lipinski definition) is 2.